The van der Waals surface area contributed by atoms with E-state index in [4.69, 9.17) is 20.5 Å². The molecule has 0 saturated heterocycles. The van der Waals surface area contributed by atoms with Crippen molar-refractivity contribution in [1.82, 2.24) is 0 Å². The lowest BCUT2D eigenvalue weighted by Gasteiger charge is -2.17. The van der Waals surface area contributed by atoms with Gasteiger partial charge in [-0.25, -0.2) is 0 Å². The monoisotopic (exact) mass is 306 g/mol. The van der Waals surface area contributed by atoms with Gasteiger partial charge in [-0.1, -0.05) is 11.6 Å². The molecule has 0 aliphatic carbocycles. The second kappa shape index (κ2) is 9.10. The van der Waals surface area contributed by atoms with Crippen molar-refractivity contribution >= 4 is 35.4 Å². The van der Waals surface area contributed by atoms with Crippen molar-refractivity contribution in [1.29, 1.82) is 0 Å². The summed E-state index contributed by atoms with van der Waals surface area (Å²) in [4.78, 5) is 1.19. The van der Waals surface area contributed by atoms with Gasteiger partial charge in [0.05, 0.1) is 12.7 Å². The Labute approximate surface area is 123 Å². The Morgan fingerprint density at radius 3 is 2.44 bits per heavy atom. The third-order valence-corrected chi connectivity index (χ3v) is 3.96. The molecule has 5 heteroatoms. The molecule has 0 N–H and O–H groups in total. The van der Waals surface area contributed by atoms with Crippen LogP contribution in [-0.4, -0.2) is 30.8 Å². The molecule has 18 heavy (non-hydrogen) atoms. The van der Waals surface area contributed by atoms with E-state index in [1.807, 2.05) is 44.4 Å². The Balaban J connectivity index is 2.38. The second-order valence-corrected chi connectivity index (χ2v) is 6.09. The van der Waals surface area contributed by atoms with Gasteiger partial charge in [0.25, 0.3) is 0 Å². The molecule has 0 radical (unpaired) electrons. The van der Waals surface area contributed by atoms with Gasteiger partial charge in [0, 0.05) is 21.9 Å². The van der Waals surface area contributed by atoms with E-state index in [1.165, 1.54) is 16.9 Å². The van der Waals surface area contributed by atoms with Gasteiger partial charge in [0.15, 0.2) is 0 Å². The second-order valence-electron chi connectivity index (χ2n) is 4.03. The minimum atomic E-state index is 0.100. The Hall–Kier alpha value is 0.130. The first kappa shape index (κ1) is 16.2. The molecule has 1 aromatic rings. The standard InChI is InChI=1S/C13H19ClO2S2/c1-10(2)15-8-12(16-17-3)9-18-13-6-4-11(14)5-7-13/h4-7,10,12H,8-9H2,1-3H3. The highest BCUT2D eigenvalue weighted by Crippen LogP contribution is 2.22. The van der Waals surface area contributed by atoms with Crippen LogP contribution in [0.1, 0.15) is 13.8 Å². The van der Waals surface area contributed by atoms with Gasteiger partial charge >= 0.3 is 0 Å². The van der Waals surface area contributed by atoms with E-state index < -0.39 is 0 Å². The van der Waals surface area contributed by atoms with Crippen molar-refractivity contribution in [3.05, 3.63) is 29.3 Å². The highest BCUT2D eigenvalue weighted by atomic mass is 35.5. The number of ether oxygens (including phenoxy) is 1. The van der Waals surface area contributed by atoms with E-state index >= 15 is 0 Å². The maximum atomic E-state index is 5.85. The van der Waals surface area contributed by atoms with Gasteiger partial charge in [-0.3, -0.25) is 0 Å². The first-order valence-electron chi connectivity index (χ1n) is 5.81. The van der Waals surface area contributed by atoms with Crippen LogP contribution in [0.3, 0.4) is 0 Å². The van der Waals surface area contributed by atoms with E-state index in [1.54, 1.807) is 11.8 Å². The number of hydrogen-bond acceptors (Lipinski definition) is 4. The quantitative estimate of drug-likeness (QED) is 0.519. The van der Waals surface area contributed by atoms with E-state index in [0.29, 0.717) is 6.61 Å². The predicted molar refractivity (Wildman–Crippen MR) is 81.7 cm³/mol. The molecule has 0 spiro atoms. The van der Waals surface area contributed by atoms with E-state index in [9.17, 15) is 0 Å². The summed E-state index contributed by atoms with van der Waals surface area (Å²) >= 11 is 8.99. The average molecular weight is 307 g/mol. The van der Waals surface area contributed by atoms with Gasteiger partial charge in [0.2, 0.25) is 0 Å². The Morgan fingerprint density at radius 1 is 1.22 bits per heavy atom. The summed E-state index contributed by atoms with van der Waals surface area (Å²) < 4.78 is 11.2. The first-order chi connectivity index (χ1) is 8.61. The predicted octanol–water partition coefficient (Wildman–Crippen LogP) is 4.52. The van der Waals surface area contributed by atoms with Crippen molar-refractivity contribution in [3.63, 3.8) is 0 Å². The Bertz CT molecular complexity index is 330. The van der Waals surface area contributed by atoms with Crippen molar-refractivity contribution in [2.75, 3.05) is 18.6 Å². The molecule has 1 atom stereocenters. The molecule has 102 valence electrons. The molecule has 1 unspecified atom stereocenters. The summed E-state index contributed by atoms with van der Waals surface area (Å²) in [5.41, 5.74) is 0. The zero-order valence-electron chi connectivity index (χ0n) is 10.9. The van der Waals surface area contributed by atoms with Crippen molar-refractivity contribution in [2.45, 2.75) is 31.0 Å². The number of halogens is 1. The zero-order chi connectivity index (χ0) is 13.4. The van der Waals surface area contributed by atoms with Gasteiger partial charge in [-0.15, -0.1) is 11.8 Å². The lowest BCUT2D eigenvalue weighted by Crippen LogP contribution is -2.22. The third-order valence-electron chi connectivity index (χ3n) is 2.10. The van der Waals surface area contributed by atoms with Crippen LogP contribution in [-0.2, 0) is 8.92 Å². The highest BCUT2D eigenvalue weighted by molar-refractivity contribution is 7.99. The van der Waals surface area contributed by atoms with Crippen LogP contribution in [0.2, 0.25) is 5.02 Å². The summed E-state index contributed by atoms with van der Waals surface area (Å²) in [5.74, 6) is 0.870. The van der Waals surface area contributed by atoms with E-state index in [-0.39, 0.29) is 12.2 Å². The van der Waals surface area contributed by atoms with Crippen LogP contribution >= 0.6 is 35.4 Å². The molecular formula is C13H19ClO2S2. The smallest absolute Gasteiger partial charge is 0.105 e. The molecule has 0 saturated carbocycles. The van der Waals surface area contributed by atoms with Crippen LogP contribution in [0.4, 0.5) is 0 Å². The van der Waals surface area contributed by atoms with E-state index in [0.717, 1.165) is 10.8 Å². The van der Waals surface area contributed by atoms with Crippen molar-refractivity contribution in [2.24, 2.45) is 0 Å². The average Bonchev–Trinajstić information content (AvgIpc) is 2.34. The largest absolute Gasteiger partial charge is 0.376 e. The molecule has 1 aromatic carbocycles. The topological polar surface area (TPSA) is 18.5 Å². The first-order valence-corrected chi connectivity index (χ1v) is 8.32. The molecule has 0 aromatic heterocycles. The number of benzene rings is 1. The fourth-order valence-corrected chi connectivity index (χ4v) is 2.74. The van der Waals surface area contributed by atoms with Crippen LogP contribution in [0.15, 0.2) is 29.2 Å². The van der Waals surface area contributed by atoms with Crippen LogP contribution in [0, 0.1) is 0 Å². The summed E-state index contributed by atoms with van der Waals surface area (Å²) in [6.45, 7) is 4.68. The van der Waals surface area contributed by atoms with E-state index in [2.05, 4.69) is 0 Å². The minimum absolute atomic E-state index is 0.100. The third kappa shape index (κ3) is 6.90. The lowest BCUT2D eigenvalue weighted by atomic mass is 10.4. The molecule has 1 rings (SSSR count). The van der Waals surface area contributed by atoms with Gasteiger partial charge in [-0.2, -0.15) is 0 Å². The number of hydrogen-bond donors (Lipinski definition) is 0. The zero-order valence-corrected chi connectivity index (χ0v) is 13.3. The highest BCUT2D eigenvalue weighted by Gasteiger charge is 2.11. The van der Waals surface area contributed by atoms with Crippen LogP contribution < -0.4 is 0 Å². The SMILES string of the molecule is CSOC(COC(C)C)CSc1ccc(Cl)cc1. The lowest BCUT2D eigenvalue weighted by molar-refractivity contribution is 0.0315. The molecule has 0 heterocycles. The molecule has 0 aliphatic heterocycles. The van der Waals surface area contributed by atoms with Crippen LogP contribution in [0.25, 0.3) is 0 Å². The van der Waals surface area contributed by atoms with Crippen molar-refractivity contribution in [3.8, 4) is 0 Å². The van der Waals surface area contributed by atoms with Gasteiger partial charge < -0.3 is 8.92 Å². The normalized spacial score (nSPS) is 12.9. The molecular weight excluding hydrogens is 288 g/mol. The summed E-state index contributed by atoms with van der Waals surface area (Å²) in [7, 11) is 0. The fraction of sp³-hybridized carbons (Fsp3) is 0.538. The van der Waals surface area contributed by atoms with Crippen molar-refractivity contribution < 1.29 is 8.92 Å². The summed E-state index contributed by atoms with van der Waals surface area (Å²) in [5, 5.41) is 0.763. The fourth-order valence-electron chi connectivity index (χ4n) is 1.26. The molecule has 0 fully saturated rings. The van der Waals surface area contributed by atoms with Gasteiger partial charge in [0.1, 0.15) is 6.10 Å². The number of rotatable bonds is 8. The maximum Gasteiger partial charge on any atom is 0.105 e. The summed E-state index contributed by atoms with van der Waals surface area (Å²) in [6.07, 6.45) is 2.26. The Kier molecular flexibility index (Phi) is 8.18. The van der Waals surface area contributed by atoms with Crippen LogP contribution in [0.5, 0.6) is 0 Å². The molecule has 0 aliphatic rings. The molecule has 2 nitrogen and oxygen atoms in total. The number of thioether (sulfide) groups is 1. The summed E-state index contributed by atoms with van der Waals surface area (Å²) in [6, 6.07) is 7.84. The molecule has 0 amide bonds. The molecule has 0 bridgehead atoms. The van der Waals surface area contributed by atoms with Gasteiger partial charge in [-0.05, 0) is 50.2 Å². The maximum absolute atomic E-state index is 5.85. The Morgan fingerprint density at radius 2 is 1.89 bits per heavy atom. The minimum Gasteiger partial charge on any atom is -0.376 e.